The number of nitrogens with zero attached hydrogens (tertiary/aromatic N) is 1. The zero-order valence-electron chi connectivity index (χ0n) is 10.9. The maximum atomic E-state index is 12.5. The fraction of sp³-hybridized carbons (Fsp3) is 0.538. The van der Waals surface area contributed by atoms with E-state index in [0.29, 0.717) is 12.5 Å². The molecule has 1 aliphatic carbocycles. The van der Waals surface area contributed by atoms with Gasteiger partial charge in [0, 0.05) is 0 Å². The molecule has 1 atom stereocenters. The van der Waals surface area contributed by atoms with Gasteiger partial charge in [-0.15, -0.1) is 0 Å². The van der Waals surface area contributed by atoms with Crippen molar-refractivity contribution < 1.29 is 22.7 Å². The molecule has 1 fully saturated rings. The second kappa shape index (κ2) is 5.78. The molecule has 1 aromatic heterocycles. The molecule has 0 unspecified atom stereocenters. The number of amides is 1. The summed E-state index contributed by atoms with van der Waals surface area (Å²) in [5.41, 5.74) is -1.04. The summed E-state index contributed by atoms with van der Waals surface area (Å²) in [5, 5.41) is 2.32. The van der Waals surface area contributed by atoms with Gasteiger partial charge in [0.15, 0.2) is 0 Å². The molecule has 1 heterocycles. The first-order chi connectivity index (χ1) is 9.36. The molecule has 110 valence electrons. The van der Waals surface area contributed by atoms with Crippen molar-refractivity contribution in [3.8, 4) is 0 Å². The predicted molar refractivity (Wildman–Crippen MR) is 66.0 cm³/mol. The van der Waals surface area contributed by atoms with Crippen molar-refractivity contribution in [2.75, 3.05) is 11.9 Å². The molecule has 0 aromatic carbocycles. The van der Waals surface area contributed by atoms with Crippen molar-refractivity contribution in [1.29, 1.82) is 0 Å². The zero-order chi connectivity index (χ0) is 14.8. The van der Waals surface area contributed by atoms with Crippen LogP contribution in [-0.4, -0.2) is 23.6 Å². The van der Waals surface area contributed by atoms with Gasteiger partial charge in [0.2, 0.25) is 0 Å². The quantitative estimate of drug-likeness (QED) is 0.906. The number of nitrogens with one attached hydrogen (secondary N) is 1. The standard InChI is InChI=1S/C13H15F3N2O2/c1-8(20-7-9-5-6-9)12(19)18-11-4-2-3-10(17-11)13(14,15)16/h2-4,8-9H,5-7H2,1H3,(H,17,18,19)/t8-/m1/s1. The van der Waals surface area contributed by atoms with Crippen LogP contribution in [-0.2, 0) is 15.7 Å². The average Bonchev–Trinajstić information content (AvgIpc) is 3.19. The summed E-state index contributed by atoms with van der Waals surface area (Å²) in [7, 11) is 0. The Labute approximate surface area is 114 Å². The van der Waals surface area contributed by atoms with E-state index < -0.39 is 23.9 Å². The van der Waals surface area contributed by atoms with Crippen molar-refractivity contribution in [2.24, 2.45) is 5.92 Å². The highest BCUT2D eigenvalue weighted by Crippen LogP contribution is 2.29. The minimum absolute atomic E-state index is 0.133. The number of hydrogen-bond acceptors (Lipinski definition) is 3. The Hall–Kier alpha value is -1.63. The molecule has 0 radical (unpaired) electrons. The van der Waals surface area contributed by atoms with E-state index in [2.05, 4.69) is 10.3 Å². The molecule has 1 amide bonds. The second-order valence-corrected chi connectivity index (χ2v) is 4.81. The molecule has 1 aromatic rings. The van der Waals surface area contributed by atoms with Gasteiger partial charge in [-0.1, -0.05) is 6.07 Å². The number of alkyl halides is 3. The Balaban J connectivity index is 1.92. The average molecular weight is 288 g/mol. The van der Waals surface area contributed by atoms with Gasteiger partial charge in [0.1, 0.15) is 17.6 Å². The third-order valence-electron chi connectivity index (χ3n) is 2.94. The summed E-state index contributed by atoms with van der Waals surface area (Å²) in [5.74, 6) is -0.124. The zero-order valence-corrected chi connectivity index (χ0v) is 10.9. The number of rotatable bonds is 5. The van der Waals surface area contributed by atoms with Crippen LogP contribution >= 0.6 is 0 Å². The molecule has 1 aliphatic rings. The fourth-order valence-corrected chi connectivity index (χ4v) is 1.53. The Bertz CT molecular complexity index is 487. The maximum absolute atomic E-state index is 12.5. The first kappa shape index (κ1) is 14.8. The summed E-state index contributed by atoms with van der Waals surface area (Å²) < 4.78 is 42.8. The van der Waals surface area contributed by atoms with Crippen molar-refractivity contribution in [3.63, 3.8) is 0 Å². The lowest BCUT2D eigenvalue weighted by atomic mass is 10.3. The fourth-order valence-electron chi connectivity index (χ4n) is 1.53. The lowest BCUT2D eigenvalue weighted by molar-refractivity contribution is -0.141. The van der Waals surface area contributed by atoms with Crippen molar-refractivity contribution in [3.05, 3.63) is 23.9 Å². The monoisotopic (exact) mass is 288 g/mol. The van der Waals surface area contributed by atoms with Crippen LogP contribution in [0, 0.1) is 5.92 Å². The van der Waals surface area contributed by atoms with Crippen LogP contribution in [0.1, 0.15) is 25.5 Å². The molecule has 1 N–H and O–H groups in total. The molecule has 0 aliphatic heterocycles. The van der Waals surface area contributed by atoms with Crippen LogP contribution in [0.2, 0.25) is 0 Å². The Morgan fingerprint density at radius 3 is 2.80 bits per heavy atom. The summed E-state index contributed by atoms with van der Waals surface area (Å²) in [4.78, 5) is 15.1. The molecule has 4 nitrogen and oxygen atoms in total. The molecule has 0 saturated heterocycles. The van der Waals surface area contributed by atoms with E-state index in [4.69, 9.17) is 4.74 Å². The Kier molecular flexibility index (Phi) is 4.27. The van der Waals surface area contributed by atoms with Crippen LogP contribution in [0.4, 0.5) is 19.0 Å². The van der Waals surface area contributed by atoms with Gasteiger partial charge in [-0.2, -0.15) is 13.2 Å². The van der Waals surface area contributed by atoms with Crippen molar-refractivity contribution in [1.82, 2.24) is 4.98 Å². The van der Waals surface area contributed by atoms with E-state index in [-0.39, 0.29) is 5.82 Å². The number of ether oxygens (including phenoxy) is 1. The van der Waals surface area contributed by atoms with Crippen LogP contribution in [0.25, 0.3) is 0 Å². The lowest BCUT2D eigenvalue weighted by Gasteiger charge is -2.13. The number of pyridine rings is 1. The topological polar surface area (TPSA) is 51.2 Å². The highest BCUT2D eigenvalue weighted by Gasteiger charge is 2.32. The normalized spacial score (nSPS) is 16.8. The molecule has 7 heteroatoms. The number of carbonyl (C=O) groups excluding carboxylic acids is 1. The van der Waals surface area contributed by atoms with E-state index in [1.54, 1.807) is 6.92 Å². The maximum Gasteiger partial charge on any atom is 0.433 e. The third kappa shape index (κ3) is 4.19. The summed E-state index contributed by atoms with van der Waals surface area (Å²) in [6.45, 7) is 2.07. The van der Waals surface area contributed by atoms with E-state index >= 15 is 0 Å². The van der Waals surface area contributed by atoms with Crippen LogP contribution in [0.15, 0.2) is 18.2 Å². The molecular formula is C13H15F3N2O2. The molecule has 0 spiro atoms. The van der Waals surface area contributed by atoms with Gasteiger partial charge in [0.05, 0.1) is 6.61 Å². The van der Waals surface area contributed by atoms with Gasteiger partial charge in [-0.25, -0.2) is 4.98 Å². The highest BCUT2D eigenvalue weighted by atomic mass is 19.4. The van der Waals surface area contributed by atoms with Crippen LogP contribution in [0.3, 0.4) is 0 Å². The Morgan fingerprint density at radius 2 is 2.20 bits per heavy atom. The molecule has 0 bridgehead atoms. The van der Waals surface area contributed by atoms with E-state index in [1.807, 2.05) is 0 Å². The van der Waals surface area contributed by atoms with Crippen molar-refractivity contribution >= 4 is 11.7 Å². The first-order valence-corrected chi connectivity index (χ1v) is 6.33. The number of hydrogen-bond donors (Lipinski definition) is 1. The molecular weight excluding hydrogens is 273 g/mol. The highest BCUT2D eigenvalue weighted by molar-refractivity contribution is 5.93. The summed E-state index contributed by atoms with van der Waals surface area (Å²) in [6.07, 6.45) is -3.05. The first-order valence-electron chi connectivity index (χ1n) is 6.33. The number of halogens is 3. The van der Waals surface area contributed by atoms with Gasteiger partial charge in [-0.05, 0) is 37.8 Å². The van der Waals surface area contributed by atoms with Gasteiger partial charge in [-0.3, -0.25) is 4.79 Å². The third-order valence-corrected chi connectivity index (χ3v) is 2.94. The summed E-state index contributed by atoms with van der Waals surface area (Å²) >= 11 is 0. The number of aromatic nitrogens is 1. The SMILES string of the molecule is C[C@@H](OCC1CC1)C(=O)Nc1cccc(C(F)(F)F)n1. The van der Waals surface area contributed by atoms with Gasteiger partial charge < -0.3 is 10.1 Å². The molecule has 2 rings (SSSR count). The number of carbonyl (C=O) groups is 1. The van der Waals surface area contributed by atoms with Crippen LogP contribution in [0.5, 0.6) is 0 Å². The molecule has 20 heavy (non-hydrogen) atoms. The lowest BCUT2D eigenvalue weighted by Crippen LogP contribution is -2.29. The Morgan fingerprint density at radius 1 is 1.50 bits per heavy atom. The van der Waals surface area contributed by atoms with Crippen LogP contribution < -0.4 is 5.32 Å². The number of anilines is 1. The second-order valence-electron chi connectivity index (χ2n) is 4.81. The predicted octanol–water partition coefficient (Wildman–Crippen LogP) is 2.85. The smallest absolute Gasteiger partial charge is 0.368 e. The van der Waals surface area contributed by atoms with E-state index in [9.17, 15) is 18.0 Å². The summed E-state index contributed by atoms with van der Waals surface area (Å²) in [6, 6.07) is 3.35. The van der Waals surface area contributed by atoms with E-state index in [1.165, 1.54) is 12.1 Å². The minimum atomic E-state index is -4.53. The van der Waals surface area contributed by atoms with Crippen molar-refractivity contribution in [2.45, 2.75) is 32.0 Å². The van der Waals surface area contributed by atoms with Gasteiger partial charge >= 0.3 is 6.18 Å². The largest absolute Gasteiger partial charge is 0.433 e. The minimum Gasteiger partial charge on any atom is -0.368 e. The van der Waals surface area contributed by atoms with E-state index in [0.717, 1.165) is 18.9 Å². The van der Waals surface area contributed by atoms with Gasteiger partial charge in [0.25, 0.3) is 5.91 Å². The molecule has 1 saturated carbocycles.